The molecule has 1 atom stereocenters. The summed E-state index contributed by atoms with van der Waals surface area (Å²) in [5, 5.41) is 14.5. The van der Waals surface area contributed by atoms with E-state index < -0.39 is 5.97 Å². The van der Waals surface area contributed by atoms with Gasteiger partial charge in [0.15, 0.2) is 0 Å². The molecule has 0 saturated heterocycles. The third kappa shape index (κ3) is 12.2. The Kier molecular flexibility index (Phi) is 7.75. The van der Waals surface area contributed by atoms with Crippen molar-refractivity contribution < 1.29 is 14.7 Å². The Hall–Kier alpha value is -1.26. The lowest BCUT2D eigenvalue weighted by atomic mass is 9.82. The average Bonchev–Trinajstić information content (AvgIpc) is 2.21. The minimum absolute atomic E-state index is 0.155. The molecule has 0 saturated carbocycles. The van der Waals surface area contributed by atoms with E-state index in [1.54, 1.807) is 0 Å². The second-order valence-electron chi connectivity index (χ2n) is 7.83. The molecule has 2 amide bonds. The lowest BCUT2D eigenvalue weighted by molar-refractivity contribution is -0.137. The Bertz CT molecular complexity index is 346. The highest BCUT2D eigenvalue weighted by Crippen LogP contribution is 2.26. The van der Waals surface area contributed by atoms with Gasteiger partial charge in [0, 0.05) is 18.5 Å². The molecule has 0 rings (SSSR count). The highest BCUT2D eigenvalue weighted by Gasteiger charge is 2.26. The highest BCUT2D eigenvalue weighted by molar-refractivity contribution is 5.74. The number of hydrogen-bond donors (Lipinski definition) is 3. The van der Waals surface area contributed by atoms with Gasteiger partial charge in [0.25, 0.3) is 0 Å². The zero-order valence-electron chi connectivity index (χ0n) is 14.4. The third-order valence-electron chi connectivity index (χ3n) is 3.20. The monoisotopic (exact) mass is 300 g/mol. The van der Waals surface area contributed by atoms with Gasteiger partial charge in [-0.3, -0.25) is 4.79 Å². The maximum absolute atomic E-state index is 11.9. The number of hydrogen-bond acceptors (Lipinski definition) is 2. The van der Waals surface area contributed by atoms with Crippen LogP contribution >= 0.6 is 0 Å². The summed E-state index contributed by atoms with van der Waals surface area (Å²) < 4.78 is 0. The topological polar surface area (TPSA) is 78.4 Å². The Morgan fingerprint density at radius 2 is 1.67 bits per heavy atom. The number of nitrogens with one attached hydrogen (secondary N) is 2. The summed E-state index contributed by atoms with van der Waals surface area (Å²) in [5.74, 6) is -0.472. The molecular formula is C16H32N2O3. The first-order valence-corrected chi connectivity index (χ1v) is 7.69. The molecule has 0 aromatic carbocycles. The second-order valence-corrected chi connectivity index (χ2v) is 7.83. The van der Waals surface area contributed by atoms with Gasteiger partial charge in [0.1, 0.15) is 0 Å². The molecule has 0 aromatic heterocycles. The van der Waals surface area contributed by atoms with Crippen molar-refractivity contribution in [3.05, 3.63) is 0 Å². The molecule has 21 heavy (non-hydrogen) atoms. The van der Waals surface area contributed by atoms with Crippen LogP contribution in [0.4, 0.5) is 4.79 Å². The molecule has 124 valence electrons. The lowest BCUT2D eigenvalue weighted by Gasteiger charge is -2.33. The van der Waals surface area contributed by atoms with Crippen molar-refractivity contribution in [3.8, 4) is 0 Å². The molecule has 5 heteroatoms. The van der Waals surface area contributed by atoms with Crippen LogP contribution < -0.4 is 10.6 Å². The molecule has 3 N–H and O–H groups in total. The Balaban J connectivity index is 3.97. The average molecular weight is 300 g/mol. The van der Waals surface area contributed by atoms with E-state index in [-0.39, 0.29) is 23.4 Å². The van der Waals surface area contributed by atoms with Crippen molar-refractivity contribution in [2.45, 2.75) is 72.8 Å². The van der Waals surface area contributed by atoms with Crippen LogP contribution in [0, 0.1) is 11.3 Å². The summed E-state index contributed by atoms with van der Waals surface area (Å²) >= 11 is 0. The van der Waals surface area contributed by atoms with Gasteiger partial charge in [-0.1, -0.05) is 27.7 Å². The number of amides is 2. The van der Waals surface area contributed by atoms with Gasteiger partial charge < -0.3 is 15.7 Å². The zero-order chi connectivity index (χ0) is 16.7. The summed E-state index contributed by atoms with van der Waals surface area (Å²) in [6, 6.07) is -0.158. The minimum atomic E-state index is -0.767. The van der Waals surface area contributed by atoms with E-state index in [1.807, 2.05) is 20.8 Å². The Labute approximate surface area is 128 Å². The minimum Gasteiger partial charge on any atom is -0.481 e. The molecule has 0 spiro atoms. The van der Waals surface area contributed by atoms with Crippen LogP contribution in [0.25, 0.3) is 0 Å². The molecule has 0 aromatic rings. The van der Waals surface area contributed by atoms with E-state index >= 15 is 0 Å². The molecule has 0 aliphatic rings. The van der Waals surface area contributed by atoms with Gasteiger partial charge in [-0.15, -0.1) is 0 Å². The maximum Gasteiger partial charge on any atom is 0.315 e. The number of urea groups is 1. The van der Waals surface area contributed by atoms with Gasteiger partial charge >= 0.3 is 12.0 Å². The molecule has 0 bridgehead atoms. The fraction of sp³-hybridized carbons (Fsp3) is 0.875. The standard InChI is InChI=1S/C16H32N2O3/c1-12(7-8-13(19)20)9-10-17-14(21)18-16(5,6)11-15(2,3)4/h12H,7-11H2,1-6H3,(H,19,20)(H2,17,18,21). The van der Waals surface area contributed by atoms with Gasteiger partial charge in [-0.05, 0) is 44.4 Å². The fourth-order valence-corrected chi connectivity index (χ4v) is 2.67. The SMILES string of the molecule is CC(CCNC(=O)NC(C)(C)CC(C)(C)C)CCC(=O)O. The summed E-state index contributed by atoms with van der Waals surface area (Å²) in [4.78, 5) is 22.4. The fourth-order valence-electron chi connectivity index (χ4n) is 2.67. The van der Waals surface area contributed by atoms with Crippen LogP contribution in [0.15, 0.2) is 0 Å². The smallest absolute Gasteiger partial charge is 0.315 e. The summed E-state index contributed by atoms with van der Waals surface area (Å²) in [5.41, 5.74) is -0.0978. The number of aliphatic carboxylic acids is 1. The van der Waals surface area contributed by atoms with E-state index in [9.17, 15) is 9.59 Å². The number of carboxylic acid groups (broad SMARTS) is 1. The predicted molar refractivity (Wildman–Crippen MR) is 85.3 cm³/mol. The van der Waals surface area contributed by atoms with E-state index in [1.165, 1.54) is 0 Å². The van der Waals surface area contributed by atoms with Crippen molar-refractivity contribution in [2.24, 2.45) is 11.3 Å². The van der Waals surface area contributed by atoms with Crippen molar-refractivity contribution in [2.75, 3.05) is 6.54 Å². The molecule has 1 unspecified atom stereocenters. The van der Waals surface area contributed by atoms with Crippen LogP contribution in [0.5, 0.6) is 0 Å². The van der Waals surface area contributed by atoms with Gasteiger partial charge in [0.2, 0.25) is 0 Å². The normalized spacial score (nSPS) is 13.6. The van der Waals surface area contributed by atoms with Crippen molar-refractivity contribution >= 4 is 12.0 Å². The second kappa shape index (κ2) is 8.25. The van der Waals surface area contributed by atoms with Crippen molar-refractivity contribution in [3.63, 3.8) is 0 Å². The van der Waals surface area contributed by atoms with E-state index in [0.29, 0.717) is 18.9 Å². The highest BCUT2D eigenvalue weighted by atomic mass is 16.4. The van der Waals surface area contributed by atoms with Crippen LogP contribution in [0.3, 0.4) is 0 Å². The first-order valence-electron chi connectivity index (χ1n) is 7.69. The van der Waals surface area contributed by atoms with Crippen LogP contribution in [0.1, 0.15) is 67.2 Å². The maximum atomic E-state index is 11.9. The number of carbonyl (C=O) groups is 2. The number of rotatable bonds is 8. The molecule has 0 radical (unpaired) electrons. The molecule has 0 aliphatic heterocycles. The van der Waals surface area contributed by atoms with E-state index in [0.717, 1.165) is 12.8 Å². The summed E-state index contributed by atoms with van der Waals surface area (Å²) in [7, 11) is 0. The van der Waals surface area contributed by atoms with Crippen molar-refractivity contribution in [1.82, 2.24) is 10.6 Å². The zero-order valence-corrected chi connectivity index (χ0v) is 14.4. The molecular weight excluding hydrogens is 268 g/mol. The number of carboxylic acids is 1. The predicted octanol–water partition coefficient (Wildman–Crippen LogP) is 3.39. The summed E-state index contributed by atoms with van der Waals surface area (Å²) in [6.45, 7) is 13.1. The number of carbonyl (C=O) groups excluding carboxylic acids is 1. The lowest BCUT2D eigenvalue weighted by Crippen LogP contribution is -2.50. The molecule has 0 aliphatic carbocycles. The van der Waals surface area contributed by atoms with Crippen LogP contribution in [0.2, 0.25) is 0 Å². The van der Waals surface area contributed by atoms with E-state index in [4.69, 9.17) is 5.11 Å². The molecule has 0 heterocycles. The quantitative estimate of drug-likeness (QED) is 0.643. The van der Waals surface area contributed by atoms with E-state index in [2.05, 4.69) is 31.4 Å². The largest absolute Gasteiger partial charge is 0.481 e. The summed E-state index contributed by atoms with van der Waals surface area (Å²) in [6.07, 6.45) is 2.52. The van der Waals surface area contributed by atoms with Crippen molar-refractivity contribution in [1.29, 1.82) is 0 Å². The van der Waals surface area contributed by atoms with Gasteiger partial charge in [-0.2, -0.15) is 0 Å². The molecule has 0 fully saturated rings. The van der Waals surface area contributed by atoms with Crippen LogP contribution in [-0.4, -0.2) is 29.2 Å². The van der Waals surface area contributed by atoms with Gasteiger partial charge in [0.05, 0.1) is 0 Å². The third-order valence-corrected chi connectivity index (χ3v) is 3.20. The Morgan fingerprint density at radius 3 is 2.14 bits per heavy atom. The first-order chi connectivity index (χ1) is 9.41. The van der Waals surface area contributed by atoms with Crippen LogP contribution in [-0.2, 0) is 4.79 Å². The Morgan fingerprint density at radius 1 is 1.10 bits per heavy atom. The molecule has 5 nitrogen and oxygen atoms in total. The first kappa shape index (κ1) is 19.7. The van der Waals surface area contributed by atoms with Gasteiger partial charge in [-0.25, -0.2) is 4.79 Å².